The molecule has 5 nitrogen and oxygen atoms in total. The van der Waals surface area contributed by atoms with E-state index in [0.29, 0.717) is 31.7 Å². The highest BCUT2D eigenvalue weighted by molar-refractivity contribution is 5.79. The second-order valence-corrected chi connectivity index (χ2v) is 7.13. The van der Waals surface area contributed by atoms with Crippen LogP contribution >= 0.6 is 0 Å². The number of halogens is 1. The van der Waals surface area contributed by atoms with Gasteiger partial charge in [0.15, 0.2) is 6.61 Å². The molecule has 1 heterocycles. The first kappa shape index (κ1) is 19.9. The van der Waals surface area contributed by atoms with Gasteiger partial charge in [0.2, 0.25) is 5.91 Å². The van der Waals surface area contributed by atoms with E-state index in [1.807, 2.05) is 31.2 Å². The predicted molar refractivity (Wildman–Crippen MR) is 105 cm³/mol. The Morgan fingerprint density at radius 1 is 1.07 bits per heavy atom. The molecule has 28 heavy (non-hydrogen) atoms. The summed E-state index contributed by atoms with van der Waals surface area (Å²) in [4.78, 5) is 26.3. The van der Waals surface area contributed by atoms with Crippen LogP contribution in [0.4, 0.5) is 4.39 Å². The molecule has 6 heteroatoms. The van der Waals surface area contributed by atoms with Gasteiger partial charge in [-0.3, -0.25) is 9.59 Å². The molecule has 1 saturated heterocycles. The number of carbonyl (C=O) groups excluding carboxylic acids is 2. The normalized spacial score (nSPS) is 14.6. The first-order chi connectivity index (χ1) is 13.5. The molecule has 148 valence electrons. The second-order valence-electron chi connectivity index (χ2n) is 7.13. The third-order valence-electron chi connectivity index (χ3n) is 4.87. The quantitative estimate of drug-likeness (QED) is 0.833. The SMILES string of the molecule is Cc1ccc(OCC(=O)NC2CCN(C(=O)Cc3ccc(F)cc3)CC2)cc1. The summed E-state index contributed by atoms with van der Waals surface area (Å²) < 4.78 is 18.4. The topological polar surface area (TPSA) is 58.6 Å². The Labute approximate surface area is 164 Å². The Hall–Kier alpha value is -2.89. The van der Waals surface area contributed by atoms with E-state index < -0.39 is 0 Å². The molecule has 0 bridgehead atoms. The van der Waals surface area contributed by atoms with E-state index in [1.165, 1.54) is 12.1 Å². The molecule has 1 fully saturated rings. The van der Waals surface area contributed by atoms with Crippen LogP contribution in [0.2, 0.25) is 0 Å². The van der Waals surface area contributed by atoms with Crippen LogP contribution in [-0.2, 0) is 16.0 Å². The van der Waals surface area contributed by atoms with Gasteiger partial charge in [0.05, 0.1) is 6.42 Å². The Balaban J connectivity index is 1.38. The molecule has 2 aromatic rings. The minimum Gasteiger partial charge on any atom is -0.484 e. The number of piperidine rings is 1. The van der Waals surface area contributed by atoms with Gasteiger partial charge in [0.25, 0.3) is 5.91 Å². The van der Waals surface area contributed by atoms with Crippen molar-refractivity contribution < 1.29 is 18.7 Å². The van der Waals surface area contributed by atoms with Gasteiger partial charge in [-0.15, -0.1) is 0 Å². The molecule has 2 amide bonds. The number of carbonyl (C=O) groups is 2. The molecule has 2 aromatic carbocycles. The van der Waals surface area contributed by atoms with Crippen molar-refractivity contribution in [3.8, 4) is 5.75 Å². The lowest BCUT2D eigenvalue weighted by molar-refractivity contribution is -0.131. The number of amides is 2. The molecule has 1 aliphatic heterocycles. The second kappa shape index (κ2) is 9.35. The summed E-state index contributed by atoms with van der Waals surface area (Å²) in [7, 11) is 0. The first-order valence-corrected chi connectivity index (χ1v) is 9.50. The molecule has 3 rings (SSSR count). The zero-order chi connectivity index (χ0) is 19.9. The smallest absolute Gasteiger partial charge is 0.258 e. The van der Waals surface area contributed by atoms with Gasteiger partial charge in [0.1, 0.15) is 11.6 Å². The van der Waals surface area contributed by atoms with E-state index in [1.54, 1.807) is 17.0 Å². The highest BCUT2D eigenvalue weighted by atomic mass is 19.1. The van der Waals surface area contributed by atoms with Crippen molar-refractivity contribution in [2.75, 3.05) is 19.7 Å². The van der Waals surface area contributed by atoms with Gasteiger partial charge >= 0.3 is 0 Å². The van der Waals surface area contributed by atoms with Crippen LogP contribution in [0.1, 0.15) is 24.0 Å². The Morgan fingerprint density at radius 3 is 2.36 bits per heavy atom. The highest BCUT2D eigenvalue weighted by Gasteiger charge is 2.24. The Kier molecular flexibility index (Phi) is 6.63. The third kappa shape index (κ3) is 5.81. The maximum atomic E-state index is 13.0. The van der Waals surface area contributed by atoms with Crippen molar-refractivity contribution in [1.29, 1.82) is 0 Å². The van der Waals surface area contributed by atoms with Crippen molar-refractivity contribution in [3.63, 3.8) is 0 Å². The predicted octanol–water partition coefficient (Wildman–Crippen LogP) is 2.86. The van der Waals surface area contributed by atoms with Crippen LogP contribution in [0.15, 0.2) is 48.5 Å². The average molecular weight is 384 g/mol. The molecule has 0 aromatic heterocycles. The molecule has 0 aliphatic carbocycles. The van der Waals surface area contributed by atoms with Crippen LogP contribution in [-0.4, -0.2) is 42.5 Å². The number of aryl methyl sites for hydroxylation is 1. The van der Waals surface area contributed by atoms with Crippen LogP contribution in [0.5, 0.6) is 5.75 Å². The standard InChI is InChI=1S/C22H25FN2O3/c1-16-2-8-20(9-3-16)28-15-21(26)24-19-10-12-25(13-11-19)22(27)14-17-4-6-18(23)7-5-17/h2-9,19H,10-15H2,1H3,(H,24,26). The van der Waals surface area contributed by atoms with Crippen molar-refractivity contribution >= 4 is 11.8 Å². The van der Waals surface area contributed by atoms with E-state index >= 15 is 0 Å². The summed E-state index contributed by atoms with van der Waals surface area (Å²) in [6.45, 7) is 3.17. The zero-order valence-corrected chi connectivity index (χ0v) is 16.0. The summed E-state index contributed by atoms with van der Waals surface area (Å²) in [5, 5.41) is 2.97. The van der Waals surface area contributed by atoms with Gasteiger partial charge < -0.3 is 15.0 Å². The lowest BCUT2D eigenvalue weighted by Gasteiger charge is -2.32. The summed E-state index contributed by atoms with van der Waals surface area (Å²) in [5.74, 6) is 0.233. The molecule has 0 atom stereocenters. The van der Waals surface area contributed by atoms with Gasteiger partial charge in [0, 0.05) is 19.1 Å². The molecular formula is C22H25FN2O3. The third-order valence-corrected chi connectivity index (χ3v) is 4.87. The minimum absolute atomic E-state index is 0.0211. The van der Waals surface area contributed by atoms with E-state index in [2.05, 4.69) is 5.32 Å². The fourth-order valence-electron chi connectivity index (χ4n) is 3.21. The molecule has 1 N–H and O–H groups in total. The highest BCUT2D eigenvalue weighted by Crippen LogP contribution is 2.14. The number of hydrogen-bond donors (Lipinski definition) is 1. The fraction of sp³-hybridized carbons (Fsp3) is 0.364. The van der Waals surface area contributed by atoms with E-state index in [0.717, 1.165) is 11.1 Å². The summed E-state index contributed by atoms with van der Waals surface area (Å²) in [5.41, 5.74) is 1.94. The molecular weight excluding hydrogens is 359 g/mol. The average Bonchev–Trinajstić information content (AvgIpc) is 2.70. The number of nitrogens with one attached hydrogen (secondary N) is 1. The largest absolute Gasteiger partial charge is 0.484 e. The van der Waals surface area contributed by atoms with Gasteiger partial charge in [-0.05, 0) is 49.6 Å². The summed E-state index contributed by atoms with van der Waals surface area (Å²) >= 11 is 0. The van der Waals surface area contributed by atoms with Crippen molar-refractivity contribution in [3.05, 3.63) is 65.5 Å². The van der Waals surface area contributed by atoms with Gasteiger partial charge in [-0.25, -0.2) is 4.39 Å². The maximum absolute atomic E-state index is 13.0. The number of rotatable bonds is 6. The lowest BCUT2D eigenvalue weighted by Crippen LogP contribution is -2.47. The molecule has 1 aliphatic rings. The van der Waals surface area contributed by atoms with Gasteiger partial charge in [-0.1, -0.05) is 29.8 Å². The number of likely N-dealkylation sites (tertiary alicyclic amines) is 1. The van der Waals surface area contributed by atoms with Gasteiger partial charge in [-0.2, -0.15) is 0 Å². The number of hydrogen-bond acceptors (Lipinski definition) is 3. The molecule has 0 radical (unpaired) electrons. The minimum atomic E-state index is -0.306. The molecule has 0 unspecified atom stereocenters. The van der Waals surface area contributed by atoms with Crippen LogP contribution in [0.3, 0.4) is 0 Å². The zero-order valence-electron chi connectivity index (χ0n) is 16.0. The number of ether oxygens (including phenoxy) is 1. The summed E-state index contributed by atoms with van der Waals surface area (Å²) in [6, 6.07) is 13.6. The summed E-state index contributed by atoms with van der Waals surface area (Å²) in [6.07, 6.45) is 1.69. The van der Waals surface area contributed by atoms with Crippen molar-refractivity contribution in [2.24, 2.45) is 0 Å². The lowest BCUT2D eigenvalue weighted by atomic mass is 10.0. The maximum Gasteiger partial charge on any atom is 0.258 e. The van der Waals surface area contributed by atoms with Crippen LogP contribution in [0.25, 0.3) is 0 Å². The number of nitrogens with zero attached hydrogens (tertiary/aromatic N) is 1. The van der Waals surface area contributed by atoms with Crippen LogP contribution < -0.4 is 10.1 Å². The van der Waals surface area contributed by atoms with Crippen LogP contribution in [0, 0.1) is 12.7 Å². The van der Waals surface area contributed by atoms with Crippen molar-refractivity contribution in [1.82, 2.24) is 10.2 Å². The van der Waals surface area contributed by atoms with E-state index in [4.69, 9.17) is 4.74 Å². The number of benzene rings is 2. The first-order valence-electron chi connectivity index (χ1n) is 9.50. The fourth-order valence-corrected chi connectivity index (χ4v) is 3.21. The van der Waals surface area contributed by atoms with Crippen molar-refractivity contribution in [2.45, 2.75) is 32.2 Å². The van der Waals surface area contributed by atoms with E-state index in [-0.39, 0.29) is 36.7 Å². The Bertz CT molecular complexity index is 798. The van der Waals surface area contributed by atoms with E-state index in [9.17, 15) is 14.0 Å². The molecule has 0 spiro atoms. The molecule has 0 saturated carbocycles. The monoisotopic (exact) mass is 384 g/mol. The Morgan fingerprint density at radius 2 is 1.71 bits per heavy atom.